The van der Waals surface area contributed by atoms with E-state index in [1.54, 1.807) is 39.8 Å². The van der Waals surface area contributed by atoms with Gasteiger partial charge in [-0.2, -0.15) is 0 Å². The van der Waals surface area contributed by atoms with E-state index < -0.39 is 23.8 Å². The maximum absolute atomic E-state index is 13.6. The fourth-order valence-corrected chi connectivity index (χ4v) is 3.65. The highest BCUT2D eigenvalue weighted by Crippen LogP contribution is 2.25. The highest BCUT2D eigenvalue weighted by atomic mass is 16.6. The molecule has 0 radical (unpaired) electrons. The van der Waals surface area contributed by atoms with Crippen LogP contribution in [0.1, 0.15) is 92.2 Å². The number of nitrogens with zero attached hydrogens (tertiary/aromatic N) is 1. The lowest BCUT2D eigenvalue weighted by molar-refractivity contribution is -0.142. The molecule has 3 amide bonds. The third-order valence-electron chi connectivity index (χ3n) is 5.27. The van der Waals surface area contributed by atoms with Gasteiger partial charge in [-0.15, -0.1) is 0 Å². The SMILES string of the molecule is CCCCCN(C(=O)C(C)NC(=O)OC(C)(C)C)C(C(=O)NC(C)CCC)c1ccc(O)cc1. The maximum Gasteiger partial charge on any atom is 0.408 e. The van der Waals surface area contributed by atoms with E-state index in [4.69, 9.17) is 4.74 Å². The summed E-state index contributed by atoms with van der Waals surface area (Å²) in [4.78, 5) is 40.8. The smallest absolute Gasteiger partial charge is 0.408 e. The first-order valence-electron chi connectivity index (χ1n) is 12.3. The molecular formula is C26H43N3O5. The summed E-state index contributed by atoms with van der Waals surface area (Å²) >= 11 is 0. The van der Waals surface area contributed by atoms with Crippen molar-refractivity contribution in [3.8, 4) is 5.75 Å². The second-order valence-electron chi connectivity index (χ2n) is 9.80. The second-order valence-corrected chi connectivity index (χ2v) is 9.80. The summed E-state index contributed by atoms with van der Waals surface area (Å²) < 4.78 is 5.29. The van der Waals surface area contributed by atoms with Gasteiger partial charge in [0.05, 0.1) is 0 Å². The molecule has 0 aromatic heterocycles. The molecule has 3 atom stereocenters. The molecule has 192 valence electrons. The molecule has 0 aliphatic carbocycles. The minimum absolute atomic E-state index is 0.0537. The summed E-state index contributed by atoms with van der Waals surface area (Å²) in [6.07, 6.45) is 3.61. The number of aromatic hydroxyl groups is 1. The number of nitrogens with one attached hydrogen (secondary N) is 2. The van der Waals surface area contributed by atoms with E-state index in [0.717, 1.165) is 25.7 Å². The van der Waals surface area contributed by atoms with Crippen LogP contribution in [0.4, 0.5) is 4.79 Å². The molecule has 0 aliphatic rings. The van der Waals surface area contributed by atoms with E-state index in [0.29, 0.717) is 18.5 Å². The number of phenolic OH excluding ortho intramolecular Hbond substituents is 1. The van der Waals surface area contributed by atoms with Crippen LogP contribution in [0.15, 0.2) is 24.3 Å². The number of hydrogen-bond acceptors (Lipinski definition) is 5. The molecule has 3 N–H and O–H groups in total. The molecular weight excluding hydrogens is 434 g/mol. The van der Waals surface area contributed by atoms with Gasteiger partial charge < -0.3 is 25.4 Å². The van der Waals surface area contributed by atoms with Crippen molar-refractivity contribution in [1.82, 2.24) is 15.5 Å². The van der Waals surface area contributed by atoms with E-state index >= 15 is 0 Å². The Hall–Kier alpha value is -2.77. The number of benzene rings is 1. The quantitative estimate of drug-likeness (QED) is 0.379. The van der Waals surface area contributed by atoms with Gasteiger partial charge in [-0.3, -0.25) is 9.59 Å². The van der Waals surface area contributed by atoms with E-state index in [9.17, 15) is 19.5 Å². The molecule has 0 fully saturated rings. The Balaban J connectivity index is 3.28. The number of alkyl carbamates (subject to hydrolysis) is 1. The average molecular weight is 478 g/mol. The Morgan fingerprint density at radius 1 is 1.00 bits per heavy atom. The van der Waals surface area contributed by atoms with Crippen LogP contribution in [-0.2, 0) is 14.3 Å². The number of rotatable bonds is 12. The Morgan fingerprint density at radius 2 is 1.62 bits per heavy atom. The Bertz CT molecular complexity index is 789. The molecule has 1 rings (SSSR count). The van der Waals surface area contributed by atoms with Crippen molar-refractivity contribution in [3.63, 3.8) is 0 Å². The fourth-order valence-electron chi connectivity index (χ4n) is 3.65. The number of ether oxygens (including phenoxy) is 1. The molecule has 0 bridgehead atoms. The number of phenols is 1. The van der Waals surface area contributed by atoms with Gasteiger partial charge in [0.15, 0.2) is 0 Å². The van der Waals surface area contributed by atoms with Gasteiger partial charge in [-0.25, -0.2) is 4.79 Å². The van der Waals surface area contributed by atoms with Crippen LogP contribution in [0.3, 0.4) is 0 Å². The summed E-state index contributed by atoms with van der Waals surface area (Å²) in [5, 5.41) is 15.4. The lowest BCUT2D eigenvalue weighted by Crippen LogP contribution is -2.52. The van der Waals surface area contributed by atoms with Gasteiger partial charge in [0, 0.05) is 12.6 Å². The molecule has 0 aliphatic heterocycles. The first-order valence-corrected chi connectivity index (χ1v) is 12.3. The number of hydrogen-bond donors (Lipinski definition) is 3. The molecule has 0 spiro atoms. The van der Waals surface area contributed by atoms with Crippen LogP contribution in [0.2, 0.25) is 0 Å². The molecule has 3 unspecified atom stereocenters. The standard InChI is InChI=1S/C26H43N3O5/c1-8-10-11-17-29(24(32)19(4)28-25(33)34-26(5,6)7)22(20-13-15-21(30)16-14-20)23(31)27-18(3)12-9-2/h13-16,18-19,22,30H,8-12,17H2,1-7H3,(H,27,31)(H,28,33). The minimum atomic E-state index is -0.896. The third kappa shape index (κ3) is 10.0. The van der Waals surface area contributed by atoms with Crippen LogP contribution < -0.4 is 10.6 Å². The van der Waals surface area contributed by atoms with Crippen molar-refractivity contribution >= 4 is 17.9 Å². The van der Waals surface area contributed by atoms with Crippen molar-refractivity contribution in [1.29, 1.82) is 0 Å². The molecule has 1 aromatic carbocycles. The normalized spacial score (nSPS) is 14.0. The Morgan fingerprint density at radius 3 is 2.15 bits per heavy atom. The summed E-state index contributed by atoms with van der Waals surface area (Å²) in [5.74, 6) is -0.592. The highest BCUT2D eigenvalue weighted by molar-refractivity contribution is 5.92. The first kappa shape index (κ1) is 29.3. The molecule has 0 saturated heterocycles. The van der Waals surface area contributed by atoms with Crippen molar-refractivity contribution in [2.45, 2.75) is 104 Å². The zero-order valence-corrected chi connectivity index (χ0v) is 21.8. The van der Waals surface area contributed by atoms with Gasteiger partial charge in [0.2, 0.25) is 11.8 Å². The van der Waals surface area contributed by atoms with E-state index in [2.05, 4.69) is 17.6 Å². The van der Waals surface area contributed by atoms with Crippen LogP contribution in [0.5, 0.6) is 5.75 Å². The van der Waals surface area contributed by atoms with Crippen LogP contribution >= 0.6 is 0 Å². The monoisotopic (exact) mass is 477 g/mol. The Labute approximate surface area is 204 Å². The van der Waals surface area contributed by atoms with Crippen molar-refractivity contribution in [3.05, 3.63) is 29.8 Å². The highest BCUT2D eigenvalue weighted by Gasteiger charge is 2.34. The van der Waals surface area contributed by atoms with E-state index in [1.807, 2.05) is 13.8 Å². The predicted molar refractivity (Wildman–Crippen MR) is 133 cm³/mol. The summed E-state index contributed by atoms with van der Waals surface area (Å²) in [7, 11) is 0. The number of unbranched alkanes of at least 4 members (excludes halogenated alkanes) is 2. The predicted octanol–water partition coefficient (Wildman–Crippen LogP) is 4.67. The number of carbonyl (C=O) groups is 3. The van der Waals surface area contributed by atoms with Crippen LogP contribution in [-0.4, -0.2) is 52.1 Å². The van der Waals surface area contributed by atoms with Crippen molar-refractivity contribution < 1.29 is 24.2 Å². The Kier molecular flexibility index (Phi) is 11.9. The van der Waals surface area contributed by atoms with Gasteiger partial charge in [0.25, 0.3) is 0 Å². The van der Waals surface area contributed by atoms with Gasteiger partial charge in [0.1, 0.15) is 23.4 Å². The zero-order chi connectivity index (χ0) is 25.9. The third-order valence-corrected chi connectivity index (χ3v) is 5.27. The van der Waals surface area contributed by atoms with Crippen LogP contribution in [0.25, 0.3) is 0 Å². The number of carbonyl (C=O) groups excluding carboxylic acids is 3. The first-order chi connectivity index (χ1) is 15.9. The van der Waals surface area contributed by atoms with Gasteiger partial charge in [-0.05, 0) is 65.2 Å². The van der Waals surface area contributed by atoms with E-state index in [-0.39, 0.29) is 23.6 Å². The summed E-state index contributed by atoms with van der Waals surface area (Å²) in [5.41, 5.74) is -0.106. The summed E-state index contributed by atoms with van der Waals surface area (Å²) in [6, 6.07) is 4.46. The topological polar surface area (TPSA) is 108 Å². The second kappa shape index (κ2) is 13.8. The zero-order valence-electron chi connectivity index (χ0n) is 21.8. The number of amides is 3. The largest absolute Gasteiger partial charge is 0.508 e. The van der Waals surface area contributed by atoms with Crippen LogP contribution in [0, 0.1) is 0 Å². The van der Waals surface area contributed by atoms with Gasteiger partial charge >= 0.3 is 6.09 Å². The molecule has 8 heteroatoms. The van der Waals surface area contributed by atoms with Crippen molar-refractivity contribution in [2.24, 2.45) is 0 Å². The minimum Gasteiger partial charge on any atom is -0.508 e. The molecule has 0 heterocycles. The molecule has 8 nitrogen and oxygen atoms in total. The molecule has 34 heavy (non-hydrogen) atoms. The lowest BCUT2D eigenvalue weighted by atomic mass is 10.0. The van der Waals surface area contributed by atoms with Gasteiger partial charge in [-0.1, -0.05) is 45.2 Å². The fraction of sp³-hybridized carbons (Fsp3) is 0.654. The molecule has 0 saturated carbocycles. The average Bonchev–Trinajstić information content (AvgIpc) is 2.72. The lowest BCUT2D eigenvalue weighted by Gasteiger charge is -2.34. The molecule has 1 aromatic rings. The maximum atomic E-state index is 13.6. The summed E-state index contributed by atoms with van der Waals surface area (Å²) in [6.45, 7) is 13.2. The van der Waals surface area contributed by atoms with Crippen molar-refractivity contribution in [2.75, 3.05) is 6.54 Å². The van der Waals surface area contributed by atoms with E-state index in [1.165, 1.54) is 17.0 Å².